The van der Waals surface area contributed by atoms with Crippen molar-refractivity contribution in [3.63, 3.8) is 0 Å². The molecule has 0 aliphatic carbocycles. The Bertz CT molecular complexity index is 900. The molecule has 0 unspecified atom stereocenters. The van der Waals surface area contributed by atoms with Gasteiger partial charge in [0.05, 0.1) is 23.2 Å². The van der Waals surface area contributed by atoms with Crippen LogP contribution in [0.15, 0.2) is 42.5 Å². The van der Waals surface area contributed by atoms with Crippen LogP contribution in [0.2, 0.25) is 5.02 Å². The molecular formula is C20H21ClN2O2. The van der Waals surface area contributed by atoms with Crippen molar-refractivity contribution < 1.29 is 9.53 Å². The second kappa shape index (κ2) is 7.28. The van der Waals surface area contributed by atoms with Crippen molar-refractivity contribution in [3.05, 3.63) is 53.1 Å². The summed E-state index contributed by atoms with van der Waals surface area (Å²) in [6, 6.07) is 13.5. The standard InChI is InChI=1S/C20H21ClN2O2/c1-4-13(3)23-18-11-8-15(20(24)25-5-2)12-17(18)22-19(23)14-6-9-16(21)10-7-14/h6-13H,4-5H2,1-3H3/t13-/m1/s1. The van der Waals surface area contributed by atoms with E-state index in [4.69, 9.17) is 21.3 Å². The average Bonchev–Trinajstić information content (AvgIpc) is 3.00. The number of hydrogen-bond donors (Lipinski definition) is 0. The van der Waals surface area contributed by atoms with Crippen molar-refractivity contribution in [3.8, 4) is 11.4 Å². The van der Waals surface area contributed by atoms with Gasteiger partial charge in [-0.05, 0) is 62.7 Å². The van der Waals surface area contributed by atoms with Gasteiger partial charge in [-0.3, -0.25) is 0 Å². The summed E-state index contributed by atoms with van der Waals surface area (Å²) in [7, 11) is 0. The van der Waals surface area contributed by atoms with Crippen LogP contribution in [-0.4, -0.2) is 22.1 Å². The van der Waals surface area contributed by atoms with Gasteiger partial charge in [0, 0.05) is 16.6 Å². The number of esters is 1. The Labute approximate surface area is 152 Å². The summed E-state index contributed by atoms with van der Waals surface area (Å²) in [4.78, 5) is 16.8. The van der Waals surface area contributed by atoms with E-state index in [9.17, 15) is 4.79 Å². The molecule has 3 aromatic rings. The summed E-state index contributed by atoms with van der Waals surface area (Å²) in [5.41, 5.74) is 3.31. The average molecular weight is 357 g/mol. The highest BCUT2D eigenvalue weighted by Gasteiger charge is 2.18. The van der Waals surface area contributed by atoms with Crippen molar-refractivity contribution in [1.29, 1.82) is 0 Å². The van der Waals surface area contributed by atoms with Gasteiger partial charge in [-0.15, -0.1) is 0 Å². The fourth-order valence-electron chi connectivity index (χ4n) is 2.87. The van der Waals surface area contributed by atoms with E-state index >= 15 is 0 Å². The van der Waals surface area contributed by atoms with Crippen molar-refractivity contribution in [2.45, 2.75) is 33.2 Å². The van der Waals surface area contributed by atoms with E-state index in [2.05, 4.69) is 18.4 Å². The Balaban J connectivity index is 2.17. The van der Waals surface area contributed by atoms with Gasteiger partial charge in [0.1, 0.15) is 5.82 Å². The van der Waals surface area contributed by atoms with Crippen molar-refractivity contribution in [2.24, 2.45) is 0 Å². The maximum Gasteiger partial charge on any atom is 0.338 e. The molecule has 0 aliphatic rings. The quantitative estimate of drug-likeness (QED) is 0.566. The van der Waals surface area contributed by atoms with Crippen LogP contribution in [0, 0.1) is 0 Å². The number of fused-ring (bicyclic) bond motifs is 1. The molecule has 1 atom stereocenters. The van der Waals surface area contributed by atoms with Crippen molar-refractivity contribution in [1.82, 2.24) is 9.55 Å². The zero-order chi connectivity index (χ0) is 18.0. The second-order valence-electron chi connectivity index (χ2n) is 5.99. The molecule has 0 bridgehead atoms. The Hall–Kier alpha value is -2.33. The molecule has 5 heteroatoms. The van der Waals surface area contributed by atoms with Gasteiger partial charge >= 0.3 is 5.97 Å². The zero-order valence-corrected chi connectivity index (χ0v) is 15.4. The van der Waals surface area contributed by atoms with Gasteiger partial charge in [0.25, 0.3) is 0 Å². The number of nitrogens with zero attached hydrogens (tertiary/aromatic N) is 2. The van der Waals surface area contributed by atoms with Crippen molar-refractivity contribution in [2.75, 3.05) is 6.61 Å². The number of imidazole rings is 1. The van der Waals surface area contributed by atoms with Crippen molar-refractivity contribution >= 4 is 28.6 Å². The molecule has 2 aromatic carbocycles. The molecule has 0 N–H and O–H groups in total. The van der Waals surface area contributed by atoms with E-state index in [1.54, 1.807) is 19.1 Å². The molecule has 25 heavy (non-hydrogen) atoms. The van der Waals surface area contributed by atoms with Crippen LogP contribution < -0.4 is 0 Å². The number of benzene rings is 2. The normalized spacial score (nSPS) is 12.3. The third-order valence-electron chi connectivity index (χ3n) is 4.33. The number of carbonyl (C=O) groups excluding carboxylic acids is 1. The molecule has 3 rings (SSSR count). The van der Waals surface area contributed by atoms with E-state index in [-0.39, 0.29) is 12.0 Å². The molecule has 1 heterocycles. The maximum absolute atomic E-state index is 12.0. The number of ether oxygens (including phenoxy) is 1. The third-order valence-corrected chi connectivity index (χ3v) is 4.59. The Morgan fingerprint density at radius 3 is 2.56 bits per heavy atom. The SMILES string of the molecule is CCOC(=O)c1ccc2c(c1)nc(-c1ccc(Cl)cc1)n2[C@H](C)CC. The number of halogens is 1. The minimum absolute atomic E-state index is 0.282. The van der Waals surface area contributed by atoms with Gasteiger partial charge in [0.2, 0.25) is 0 Å². The highest BCUT2D eigenvalue weighted by molar-refractivity contribution is 6.30. The Morgan fingerprint density at radius 1 is 1.20 bits per heavy atom. The minimum atomic E-state index is -0.324. The second-order valence-corrected chi connectivity index (χ2v) is 6.43. The van der Waals surface area contributed by atoms with Gasteiger partial charge in [-0.1, -0.05) is 18.5 Å². The van der Waals surface area contributed by atoms with E-state index in [1.807, 2.05) is 30.3 Å². The molecule has 0 spiro atoms. The highest BCUT2D eigenvalue weighted by atomic mass is 35.5. The first-order chi connectivity index (χ1) is 12.0. The lowest BCUT2D eigenvalue weighted by molar-refractivity contribution is 0.0526. The predicted molar refractivity (Wildman–Crippen MR) is 101 cm³/mol. The van der Waals surface area contributed by atoms with Gasteiger partial charge in [0.15, 0.2) is 0 Å². The fraction of sp³-hybridized carbons (Fsp3) is 0.300. The summed E-state index contributed by atoms with van der Waals surface area (Å²) >= 11 is 6.01. The van der Waals surface area contributed by atoms with Crippen LogP contribution in [-0.2, 0) is 4.74 Å². The van der Waals surface area contributed by atoms with Crippen LogP contribution >= 0.6 is 11.6 Å². The first kappa shape index (κ1) is 17.5. The minimum Gasteiger partial charge on any atom is -0.462 e. The number of hydrogen-bond acceptors (Lipinski definition) is 3. The first-order valence-electron chi connectivity index (χ1n) is 8.50. The summed E-state index contributed by atoms with van der Waals surface area (Å²) in [6.07, 6.45) is 0.978. The summed E-state index contributed by atoms with van der Waals surface area (Å²) < 4.78 is 7.31. The molecule has 0 saturated heterocycles. The Morgan fingerprint density at radius 2 is 1.92 bits per heavy atom. The highest BCUT2D eigenvalue weighted by Crippen LogP contribution is 2.31. The number of rotatable bonds is 5. The third kappa shape index (κ3) is 3.40. The van der Waals surface area contributed by atoms with Crippen LogP contribution in [0.4, 0.5) is 0 Å². The van der Waals surface area contributed by atoms with E-state index < -0.39 is 0 Å². The van der Waals surface area contributed by atoms with E-state index in [1.165, 1.54) is 0 Å². The van der Waals surface area contributed by atoms with Crippen LogP contribution in [0.1, 0.15) is 43.6 Å². The zero-order valence-electron chi connectivity index (χ0n) is 14.6. The number of aromatic nitrogens is 2. The monoisotopic (exact) mass is 356 g/mol. The molecule has 0 saturated carbocycles. The first-order valence-corrected chi connectivity index (χ1v) is 8.88. The summed E-state index contributed by atoms with van der Waals surface area (Å²) in [6.45, 7) is 6.47. The molecule has 0 aliphatic heterocycles. The lowest BCUT2D eigenvalue weighted by Crippen LogP contribution is -2.06. The number of carbonyl (C=O) groups is 1. The van der Waals surface area contributed by atoms with Crippen LogP contribution in [0.25, 0.3) is 22.4 Å². The molecular weight excluding hydrogens is 336 g/mol. The molecule has 0 radical (unpaired) electrons. The Kier molecular flexibility index (Phi) is 5.09. The molecule has 0 fully saturated rings. The molecule has 1 aromatic heterocycles. The smallest absolute Gasteiger partial charge is 0.338 e. The lowest BCUT2D eigenvalue weighted by Gasteiger charge is -2.16. The molecule has 0 amide bonds. The molecule has 4 nitrogen and oxygen atoms in total. The summed E-state index contributed by atoms with van der Waals surface area (Å²) in [5, 5.41) is 0.694. The largest absolute Gasteiger partial charge is 0.462 e. The van der Waals surface area contributed by atoms with Gasteiger partial charge in [-0.2, -0.15) is 0 Å². The summed E-state index contributed by atoms with van der Waals surface area (Å²) in [5.74, 6) is 0.553. The van der Waals surface area contributed by atoms with E-state index in [0.29, 0.717) is 17.2 Å². The van der Waals surface area contributed by atoms with Gasteiger partial charge < -0.3 is 9.30 Å². The predicted octanol–water partition coefficient (Wildman–Crippen LogP) is 5.50. The fourth-order valence-corrected chi connectivity index (χ4v) is 3.00. The topological polar surface area (TPSA) is 44.1 Å². The van der Waals surface area contributed by atoms with Gasteiger partial charge in [-0.25, -0.2) is 9.78 Å². The molecule has 130 valence electrons. The maximum atomic E-state index is 12.0. The van der Waals surface area contributed by atoms with Crippen LogP contribution in [0.5, 0.6) is 0 Å². The van der Waals surface area contributed by atoms with Crippen LogP contribution in [0.3, 0.4) is 0 Å². The van der Waals surface area contributed by atoms with E-state index in [0.717, 1.165) is 28.8 Å². The lowest BCUT2D eigenvalue weighted by atomic mass is 10.1.